The summed E-state index contributed by atoms with van der Waals surface area (Å²) in [6, 6.07) is 2.93. The summed E-state index contributed by atoms with van der Waals surface area (Å²) in [5, 5.41) is -14.7. The van der Waals surface area contributed by atoms with E-state index in [1.165, 1.54) is 0 Å². The van der Waals surface area contributed by atoms with Crippen LogP contribution < -0.4 is 4.18 Å². The maximum Gasteiger partial charge on any atom is 0.480 e. The van der Waals surface area contributed by atoms with Gasteiger partial charge in [-0.05, 0) is 24.1 Å². The van der Waals surface area contributed by atoms with Crippen molar-refractivity contribution >= 4 is 35.9 Å². The number of ketones is 1. The molecule has 0 radical (unpaired) electrons. The highest BCUT2D eigenvalue weighted by Gasteiger charge is 2.81. The minimum absolute atomic E-state index is 0.164. The normalized spacial score (nSPS) is 15.3. The molecule has 0 aliphatic carbocycles. The van der Waals surface area contributed by atoms with E-state index in [9.17, 15) is 69.6 Å². The molecule has 0 aliphatic rings. The Morgan fingerprint density at radius 2 is 1.30 bits per heavy atom. The van der Waals surface area contributed by atoms with E-state index in [4.69, 9.17) is 0 Å². The molecule has 1 aromatic rings. The predicted octanol–water partition coefficient (Wildman–Crippen LogP) is 3.93. The molecule has 1 unspecified atom stereocenters. The van der Waals surface area contributed by atoms with Gasteiger partial charge in [-0.15, -0.1) is 0 Å². The number of carbonyl (C=O) groups excluding carboxylic acids is 1. The van der Waals surface area contributed by atoms with Crippen LogP contribution in [-0.4, -0.2) is 53.0 Å². The molecule has 0 aromatic heterocycles. The highest BCUT2D eigenvalue weighted by Crippen LogP contribution is 2.53. The van der Waals surface area contributed by atoms with Crippen LogP contribution in [0.25, 0.3) is 4.13 Å². The van der Waals surface area contributed by atoms with Gasteiger partial charge >= 0.3 is 32.1 Å². The van der Waals surface area contributed by atoms with Gasteiger partial charge in [-0.25, -0.2) is 16.8 Å². The van der Waals surface area contributed by atoms with Crippen LogP contribution in [0, 0.1) is 5.92 Å². The minimum Gasteiger partial charge on any atom is -0.423 e. The molecular weight excluding hydrogens is 601 g/mol. The molecule has 1 rings (SSSR count). The van der Waals surface area contributed by atoms with Crippen LogP contribution >= 0.6 is 0 Å². The molecule has 0 saturated carbocycles. The number of Topliss-reactive ketones (excluding diaryl/α,β-unsaturated/α-hetero) is 1. The number of carbonyl (C=O) groups is 1. The van der Waals surface area contributed by atoms with Crippen molar-refractivity contribution in [2.75, 3.05) is 0 Å². The zero-order chi connectivity index (χ0) is 29.5. The Labute approximate surface area is 204 Å². The maximum atomic E-state index is 14.1. The van der Waals surface area contributed by atoms with Crippen LogP contribution in [0.4, 0.5) is 39.5 Å². The highest BCUT2D eigenvalue weighted by molar-refractivity contribution is 8.13. The Kier molecular flexibility index (Phi) is 9.08. The zero-order valence-electron chi connectivity index (χ0n) is 18.1. The molecule has 9 nitrogen and oxygen atoms in total. The summed E-state index contributed by atoms with van der Waals surface area (Å²) >= 11 is 0. The maximum absolute atomic E-state index is 14.1. The van der Waals surface area contributed by atoms with Crippen LogP contribution in [-0.2, 0) is 41.4 Å². The average Bonchev–Trinajstić information content (AvgIpc) is 2.72. The van der Waals surface area contributed by atoms with Gasteiger partial charge in [0.25, 0.3) is 0 Å². The van der Waals surface area contributed by atoms with Gasteiger partial charge in [-0.3, -0.25) is 4.79 Å². The highest BCUT2D eigenvalue weighted by atomic mass is 32.3. The second kappa shape index (κ2) is 10.2. The Morgan fingerprint density at radius 1 is 0.838 bits per heavy atom. The van der Waals surface area contributed by atoms with Crippen LogP contribution in [0.15, 0.2) is 24.3 Å². The molecule has 0 amide bonds. The van der Waals surface area contributed by atoms with Crippen LogP contribution in [0.5, 0.6) is 5.75 Å². The summed E-state index contributed by atoms with van der Waals surface area (Å²) in [4.78, 5) is 11.9. The molecule has 0 N–H and O–H groups in total. The minimum atomic E-state index is -8.00. The third-order valence-corrected chi connectivity index (χ3v) is 8.88. The Morgan fingerprint density at radius 3 is 1.70 bits per heavy atom. The third-order valence-electron chi connectivity index (χ3n) is 4.53. The van der Waals surface area contributed by atoms with E-state index in [0.29, 0.717) is 22.7 Å². The lowest BCUT2D eigenvalue weighted by Gasteiger charge is -2.35. The standard InChI is InChI=1S/C16H15F9NO8S3/c1-3-9(2)12(27)8-10-4-6-11(7-5-10)34-37(32,33)15(21,22)13(17,18)14(19,20)35(28,29)26-36(30,31)16(23,24)25/h4-7,9H,3,8H2,1-2H3/q-1. The van der Waals surface area contributed by atoms with Gasteiger partial charge < -0.3 is 8.31 Å². The van der Waals surface area contributed by atoms with Crippen LogP contribution in [0.1, 0.15) is 25.8 Å². The first-order valence-corrected chi connectivity index (χ1v) is 13.6. The third kappa shape index (κ3) is 6.30. The Bertz CT molecular complexity index is 1320. The first-order chi connectivity index (χ1) is 16.3. The van der Waals surface area contributed by atoms with Gasteiger partial charge in [0.05, 0.1) is 0 Å². The van der Waals surface area contributed by atoms with Gasteiger partial charge in [-0.2, -0.15) is 47.9 Å². The summed E-state index contributed by atoms with van der Waals surface area (Å²) in [7, 11) is -22.7. The second-order valence-corrected chi connectivity index (χ2v) is 12.3. The number of alkyl halides is 9. The van der Waals surface area contributed by atoms with Crippen molar-refractivity contribution in [3.63, 3.8) is 0 Å². The van der Waals surface area contributed by atoms with Crippen molar-refractivity contribution in [3.05, 3.63) is 34.0 Å². The first kappa shape index (κ1) is 32.9. The fourth-order valence-electron chi connectivity index (χ4n) is 2.15. The topological polar surface area (TPSA) is 143 Å². The van der Waals surface area contributed by atoms with E-state index >= 15 is 0 Å². The van der Waals surface area contributed by atoms with E-state index in [1.807, 2.05) is 0 Å². The predicted molar refractivity (Wildman–Crippen MR) is 106 cm³/mol. The van der Waals surface area contributed by atoms with Gasteiger partial charge in [0.15, 0.2) is 20.0 Å². The molecule has 1 atom stereocenters. The van der Waals surface area contributed by atoms with E-state index in [-0.39, 0.29) is 17.8 Å². The SMILES string of the molecule is CCC(C)C(=O)Cc1ccc(OS(=O)(=O)C(F)(F)C(F)(F)C(F)(F)S(=O)(=O)[N-]S(=O)(=O)C(F)(F)F)cc1. The fourth-order valence-corrected chi connectivity index (χ4v) is 5.33. The molecule has 0 aliphatic heterocycles. The van der Waals surface area contributed by atoms with Crippen molar-refractivity contribution < 1.29 is 73.7 Å². The number of halogens is 9. The van der Waals surface area contributed by atoms with E-state index in [1.54, 1.807) is 13.8 Å². The van der Waals surface area contributed by atoms with Crippen LogP contribution in [0.2, 0.25) is 0 Å². The van der Waals surface area contributed by atoms with Crippen molar-refractivity contribution in [1.82, 2.24) is 0 Å². The Balaban J connectivity index is 3.33. The van der Waals surface area contributed by atoms with Gasteiger partial charge in [0, 0.05) is 12.3 Å². The van der Waals surface area contributed by atoms with Crippen molar-refractivity contribution in [1.29, 1.82) is 0 Å². The van der Waals surface area contributed by atoms with Crippen LogP contribution in [0.3, 0.4) is 0 Å². The van der Waals surface area contributed by atoms with Gasteiger partial charge in [-0.1, -0.05) is 26.0 Å². The average molecular weight is 616 g/mol. The number of rotatable bonds is 12. The van der Waals surface area contributed by atoms with E-state index in [2.05, 4.69) is 4.18 Å². The lowest BCUT2D eigenvalue weighted by atomic mass is 9.97. The molecule has 0 spiro atoms. The number of sulfonamides is 2. The second-order valence-electron chi connectivity index (χ2n) is 7.21. The summed E-state index contributed by atoms with van der Waals surface area (Å²) < 4.78 is 192. The fraction of sp³-hybridized carbons (Fsp3) is 0.562. The molecule has 37 heavy (non-hydrogen) atoms. The first-order valence-electron chi connectivity index (χ1n) is 9.26. The quantitative estimate of drug-likeness (QED) is 0.254. The number of nitrogens with zero attached hydrogens (tertiary/aromatic N) is 1. The smallest absolute Gasteiger partial charge is 0.423 e. The molecule has 0 saturated heterocycles. The molecule has 0 fully saturated rings. The molecule has 0 heterocycles. The zero-order valence-corrected chi connectivity index (χ0v) is 20.6. The lowest BCUT2D eigenvalue weighted by molar-refractivity contribution is -0.245. The number of hydrogen-bond acceptors (Lipinski definition) is 8. The summed E-state index contributed by atoms with van der Waals surface area (Å²) in [6.45, 7) is 3.27. The van der Waals surface area contributed by atoms with Gasteiger partial charge in [0.2, 0.25) is 0 Å². The monoisotopic (exact) mass is 616 g/mol. The lowest BCUT2D eigenvalue weighted by Crippen LogP contribution is -2.61. The Hall–Kier alpha value is -2.13. The molecule has 1 aromatic carbocycles. The molecule has 214 valence electrons. The van der Waals surface area contributed by atoms with Crippen molar-refractivity contribution in [3.8, 4) is 5.75 Å². The number of hydrogen-bond donors (Lipinski definition) is 0. The summed E-state index contributed by atoms with van der Waals surface area (Å²) in [5.74, 6) is -9.51. The largest absolute Gasteiger partial charge is 0.480 e. The molecule has 0 bridgehead atoms. The summed E-state index contributed by atoms with van der Waals surface area (Å²) in [6.07, 6.45) is 0.224. The molecule has 21 heteroatoms. The molecular formula is C16H15F9NO8S3-. The van der Waals surface area contributed by atoms with E-state index in [0.717, 1.165) is 12.1 Å². The van der Waals surface area contributed by atoms with E-state index < -0.39 is 63.8 Å². The van der Waals surface area contributed by atoms with Crippen molar-refractivity contribution in [2.24, 2.45) is 5.92 Å². The van der Waals surface area contributed by atoms with Gasteiger partial charge in [0.1, 0.15) is 11.5 Å². The number of benzene rings is 1. The summed E-state index contributed by atoms with van der Waals surface area (Å²) in [5.41, 5.74) is -6.56. The van der Waals surface area contributed by atoms with Crippen molar-refractivity contribution in [2.45, 2.75) is 48.6 Å².